The van der Waals surface area contributed by atoms with E-state index >= 15 is 0 Å². The van der Waals surface area contributed by atoms with Crippen LogP contribution in [0.4, 0.5) is 10.1 Å². The third kappa shape index (κ3) is 4.20. The van der Waals surface area contributed by atoms with Crippen molar-refractivity contribution in [2.45, 2.75) is 25.9 Å². The lowest BCUT2D eigenvalue weighted by atomic mass is 9.88. The summed E-state index contributed by atoms with van der Waals surface area (Å²) in [5.41, 5.74) is 6.07. The van der Waals surface area contributed by atoms with E-state index in [1.165, 1.54) is 6.07 Å². The first-order valence-corrected chi connectivity index (χ1v) is 10.2. The minimum absolute atomic E-state index is 0.00550. The van der Waals surface area contributed by atoms with Gasteiger partial charge in [0.05, 0.1) is 30.8 Å². The van der Waals surface area contributed by atoms with Crippen LogP contribution in [-0.2, 0) is 4.74 Å². The second kappa shape index (κ2) is 8.19. The van der Waals surface area contributed by atoms with Gasteiger partial charge in [0.15, 0.2) is 5.78 Å². The van der Waals surface area contributed by atoms with E-state index in [0.29, 0.717) is 43.4 Å². The first-order valence-electron chi connectivity index (χ1n) is 10.2. The molecule has 0 aliphatic carbocycles. The van der Waals surface area contributed by atoms with E-state index in [0.717, 1.165) is 5.69 Å². The number of carbonyl (C=O) groups is 2. The molecule has 2 N–H and O–H groups in total. The van der Waals surface area contributed by atoms with E-state index in [1.807, 2.05) is 0 Å². The number of nitrogens with zero attached hydrogens (tertiary/aromatic N) is 1. The highest BCUT2D eigenvalue weighted by atomic mass is 19.1. The summed E-state index contributed by atoms with van der Waals surface area (Å²) in [5.74, 6) is -0.599. The molecule has 0 saturated carbocycles. The van der Waals surface area contributed by atoms with Crippen LogP contribution in [0.25, 0.3) is 0 Å². The zero-order chi connectivity index (χ0) is 22.2. The molecule has 0 spiro atoms. The predicted octanol–water partition coefficient (Wildman–Crippen LogP) is 2.87. The van der Waals surface area contributed by atoms with E-state index in [-0.39, 0.29) is 35.8 Å². The summed E-state index contributed by atoms with van der Waals surface area (Å²) in [6.45, 7) is 5.88. The van der Waals surface area contributed by atoms with Gasteiger partial charge in [0.1, 0.15) is 29.5 Å². The van der Waals surface area contributed by atoms with Crippen LogP contribution in [0, 0.1) is 12.7 Å². The maximum Gasteiger partial charge on any atom is 0.249 e. The molecule has 164 valence electrons. The van der Waals surface area contributed by atoms with Crippen LogP contribution in [0.1, 0.15) is 39.6 Å². The Balaban J connectivity index is 1.64. The number of ketones is 1. The average Bonchev–Trinajstić information content (AvgIpc) is 2.74. The molecule has 2 aliphatic heterocycles. The van der Waals surface area contributed by atoms with Crippen molar-refractivity contribution in [3.8, 4) is 11.5 Å². The Morgan fingerprint density at radius 3 is 2.74 bits per heavy atom. The molecular weight excluding hydrogens is 403 g/mol. The lowest BCUT2D eigenvalue weighted by Gasteiger charge is -2.36. The highest BCUT2D eigenvalue weighted by Gasteiger charge is 2.40. The molecule has 7 nitrogen and oxygen atoms in total. The highest BCUT2D eigenvalue weighted by molar-refractivity contribution is 6.11. The summed E-state index contributed by atoms with van der Waals surface area (Å²) in [6, 6.07) is 8.00. The van der Waals surface area contributed by atoms with Gasteiger partial charge < -0.3 is 24.8 Å². The molecular formula is C23H25FN2O5. The monoisotopic (exact) mass is 428 g/mol. The first kappa shape index (κ1) is 21.1. The van der Waals surface area contributed by atoms with E-state index in [2.05, 4.69) is 4.90 Å². The Bertz CT molecular complexity index is 1030. The number of primary amides is 1. The van der Waals surface area contributed by atoms with Crippen molar-refractivity contribution in [2.75, 3.05) is 37.8 Å². The van der Waals surface area contributed by atoms with Crippen molar-refractivity contribution < 1.29 is 28.2 Å². The van der Waals surface area contributed by atoms with Gasteiger partial charge in [-0.05, 0) is 32.0 Å². The molecule has 0 radical (unpaired) electrons. The van der Waals surface area contributed by atoms with Crippen molar-refractivity contribution in [1.29, 1.82) is 0 Å². The number of hydrogen-bond donors (Lipinski definition) is 1. The second-order valence-electron chi connectivity index (χ2n) is 8.13. The molecule has 2 aromatic carbocycles. The molecule has 1 amide bonds. The smallest absolute Gasteiger partial charge is 0.249 e. The molecule has 0 bridgehead atoms. The molecule has 1 fully saturated rings. The SMILES string of the molecule is Cc1c(F)cccc1OCC1(C)CC(=O)c2c(cc(N3CCOCC3)cc2C(N)=O)O1. The quantitative estimate of drug-likeness (QED) is 0.788. The lowest BCUT2D eigenvalue weighted by molar-refractivity contribution is 0.0185. The van der Waals surface area contributed by atoms with Crippen molar-refractivity contribution in [3.63, 3.8) is 0 Å². The summed E-state index contributed by atoms with van der Waals surface area (Å²) in [7, 11) is 0. The van der Waals surface area contributed by atoms with Crippen molar-refractivity contribution >= 4 is 17.4 Å². The van der Waals surface area contributed by atoms with Crippen LogP contribution in [0.2, 0.25) is 0 Å². The van der Waals surface area contributed by atoms with Gasteiger partial charge in [0.2, 0.25) is 5.91 Å². The predicted molar refractivity (Wildman–Crippen MR) is 113 cm³/mol. The van der Waals surface area contributed by atoms with Crippen LogP contribution in [0.3, 0.4) is 0 Å². The lowest BCUT2D eigenvalue weighted by Crippen LogP contribution is -2.45. The number of ether oxygens (including phenoxy) is 3. The number of anilines is 1. The summed E-state index contributed by atoms with van der Waals surface area (Å²) >= 11 is 0. The molecule has 2 aliphatic rings. The Morgan fingerprint density at radius 1 is 1.29 bits per heavy atom. The Kier molecular flexibility index (Phi) is 5.58. The first-order chi connectivity index (χ1) is 14.8. The largest absolute Gasteiger partial charge is 0.489 e. The summed E-state index contributed by atoms with van der Waals surface area (Å²) in [6.07, 6.45) is 0.00550. The van der Waals surface area contributed by atoms with E-state index in [1.54, 1.807) is 38.1 Å². The molecule has 1 saturated heterocycles. The van der Waals surface area contributed by atoms with Gasteiger partial charge in [0, 0.05) is 30.4 Å². The fraction of sp³-hybridized carbons (Fsp3) is 0.391. The van der Waals surface area contributed by atoms with Crippen LogP contribution in [0.5, 0.6) is 11.5 Å². The molecule has 0 aromatic heterocycles. The minimum atomic E-state index is -0.985. The fourth-order valence-corrected chi connectivity index (χ4v) is 3.95. The zero-order valence-electron chi connectivity index (χ0n) is 17.6. The summed E-state index contributed by atoms with van der Waals surface area (Å²) in [5, 5.41) is 0. The summed E-state index contributed by atoms with van der Waals surface area (Å²) < 4.78 is 31.2. The highest BCUT2D eigenvalue weighted by Crippen LogP contribution is 2.39. The van der Waals surface area contributed by atoms with E-state index in [9.17, 15) is 14.0 Å². The molecule has 8 heteroatoms. The molecule has 2 aromatic rings. The average molecular weight is 428 g/mol. The maximum absolute atomic E-state index is 13.8. The third-order valence-electron chi connectivity index (χ3n) is 5.65. The Hall–Kier alpha value is -3.13. The van der Waals surface area contributed by atoms with Crippen LogP contribution in [-0.4, -0.2) is 50.2 Å². The number of halogens is 1. The number of benzene rings is 2. The number of carbonyl (C=O) groups excluding carboxylic acids is 2. The molecule has 1 atom stereocenters. The zero-order valence-corrected chi connectivity index (χ0v) is 17.6. The van der Waals surface area contributed by atoms with Crippen molar-refractivity contribution in [3.05, 3.63) is 52.8 Å². The number of amides is 1. The Morgan fingerprint density at radius 2 is 2.03 bits per heavy atom. The number of hydrogen-bond acceptors (Lipinski definition) is 6. The normalized spacial score (nSPS) is 20.7. The third-order valence-corrected chi connectivity index (χ3v) is 5.65. The van der Waals surface area contributed by atoms with Crippen LogP contribution >= 0.6 is 0 Å². The van der Waals surface area contributed by atoms with Crippen LogP contribution < -0.4 is 20.1 Å². The fourth-order valence-electron chi connectivity index (χ4n) is 3.95. The number of fused-ring (bicyclic) bond motifs is 1. The van der Waals surface area contributed by atoms with Crippen LogP contribution in [0.15, 0.2) is 30.3 Å². The number of nitrogens with two attached hydrogens (primary N) is 1. The second-order valence-corrected chi connectivity index (χ2v) is 8.13. The van der Waals surface area contributed by atoms with Gasteiger partial charge in [0.25, 0.3) is 0 Å². The standard InChI is InChI=1S/C23H25FN2O5/c1-14-17(24)4-3-5-19(14)30-13-23(2)12-18(27)21-16(22(25)28)10-15(11-20(21)31-23)26-6-8-29-9-7-26/h3-5,10-11H,6-9,12-13H2,1-2H3,(H2,25,28). The molecule has 4 rings (SSSR count). The Labute approximate surface area is 179 Å². The van der Waals surface area contributed by atoms with Gasteiger partial charge in [-0.2, -0.15) is 0 Å². The van der Waals surface area contributed by atoms with E-state index < -0.39 is 11.5 Å². The van der Waals surface area contributed by atoms with Gasteiger partial charge in [-0.1, -0.05) is 6.07 Å². The molecule has 2 heterocycles. The molecule has 1 unspecified atom stereocenters. The number of rotatable bonds is 5. The molecule has 31 heavy (non-hydrogen) atoms. The van der Waals surface area contributed by atoms with Gasteiger partial charge in [-0.3, -0.25) is 9.59 Å². The number of Topliss-reactive ketones (excluding diaryl/α,β-unsaturated/α-hetero) is 1. The van der Waals surface area contributed by atoms with Gasteiger partial charge in [-0.25, -0.2) is 4.39 Å². The van der Waals surface area contributed by atoms with Gasteiger partial charge in [-0.15, -0.1) is 0 Å². The van der Waals surface area contributed by atoms with Gasteiger partial charge >= 0.3 is 0 Å². The summed E-state index contributed by atoms with van der Waals surface area (Å²) in [4.78, 5) is 27.2. The van der Waals surface area contributed by atoms with E-state index in [4.69, 9.17) is 19.9 Å². The van der Waals surface area contributed by atoms with Crippen molar-refractivity contribution in [1.82, 2.24) is 0 Å². The topological polar surface area (TPSA) is 91.1 Å². The van der Waals surface area contributed by atoms with Crippen molar-refractivity contribution in [2.24, 2.45) is 5.73 Å². The number of morpholine rings is 1. The minimum Gasteiger partial charge on any atom is -0.489 e. The maximum atomic E-state index is 13.8.